The van der Waals surface area contributed by atoms with E-state index >= 15 is 0 Å². The van der Waals surface area contributed by atoms with Gasteiger partial charge in [-0.25, -0.2) is 0 Å². The second-order valence-corrected chi connectivity index (χ2v) is 5.55. The average molecular weight is 258 g/mol. The van der Waals surface area contributed by atoms with Crippen molar-refractivity contribution in [2.45, 2.75) is 59.0 Å². The third kappa shape index (κ3) is 7.27. The normalized spacial score (nSPS) is 13.2. The first-order valence-electron chi connectivity index (χ1n) is 6.43. The molecular formula is C13H26N2O3. The molecule has 0 bridgehead atoms. The zero-order valence-corrected chi connectivity index (χ0v) is 12.1. The molecule has 1 unspecified atom stereocenters. The van der Waals surface area contributed by atoms with Crippen molar-refractivity contribution in [3.63, 3.8) is 0 Å². The van der Waals surface area contributed by atoms with Crippen LogP contribution in [0.2, 0.25) is 0 Å². The Bertz CT molecular complexity index is 284. The number of carbonyl (C=O) groups excluding carboxylic acids is 1. The van der Waals surface area contributed by atoms with Crippen LogP contribution in [-0.4, -0.2) is 46.6 Å². The first kappa shape index (κ1) is 16.9. The summed E-state index contributed by atoms with van der Waals surface area (Å²) < 4.78 is 0. The largest absolute Gasteiger partial charge is 0.481 e. The van der Waals surface area contributed by atoms with Crippen LogP contribution >= 0.6 is 0 Å². The first-order valence-corrected chi connectivity index (χ1v) is 6.43. The molecule has 0 aliphatic heterocycles. The van der Waals surface area contributed by atoms with Crippen molar-refractivity contribution in [1.82, 2.24) is 10.2 Å². The van der Waals surface area contributed by atoms with Gasteiger partial charge in [0.25, 0.3) is 0 Å². The number of hydrogen-bond acceptors (Lipinski definition) is 3. The van der Waals surface area contributed by atoms with E-state index in [1.807, 2.05) is 27.7 Å². The monoisotopic (exact) mass is 258 g/mol. The molecular weight excluding hydrogens is 232 g/mol. The molecule has 0 aromatic heterocycles. The van der Waals surface area contributed by atoms with Gasteiger partial charge in [-0.05, 0) is 34.6 Å². The summed E-state index contributed by atoms with van der Waals surface area (Å²) >= 11 is 0. The van der Waals surface area contributed by atoms with E-state index in [-0.39, 0.29) is 23.9 Å². The van der Waals surface area contributed by atoms with Crippen LogP contribution in [0.25, 0.3) is 0 Å². The van der Waals surface area contributed by atoms with Gasteiger partial charge in [-0.3, -0.25) is 9.59 Å². The maximum atomic E-state index is 12.0. The fourth-order valence-electron chi connectivity index (χ4n) is 1.78. The number of nitrogens with one attached hydrogen (secondary N) is 1. The summed E-state index contributed by atoms with van der Waals surface area (Å²) in [4.78, 5) is 24.2. The summed E-state index contributed by atoms with van der Waals surface area (Å²) in [5, 5.41) is 12.0. The van der Waals surface area contributed by atoms with Crippen LogP contribution in [0.3, 0.4) is 0 Å². The van der Waals surface area contributed by atoms with E-state index in [1.54, 1.807) is 11.8 Å². The van der Waals surface area contributed by atoms with Crippen LogP contribution in [0.1, 0.15) is 47.5 Å². The van der Waals surface area contributed by atoms with E-state index < -0.39 is 5.97 Å². The lowest BCUT2D eigenvalue weighted by Crippen LogP contribution is -2.43. The molecule has 1 atom stereocenters. The molecule has 106 valence electrons. The second-order valence-electron chi connectivity index (χ2n) is 5.55. The summed E-state index contributed by atoms with van der Waals surface area (Å²) in [5.74, 6) is -0.871. The van der Waals surface area contributed by atoms with Crippen molar-refractivity contribution in [2.24, 2.45) is 0 Å². The summed E-state index contributed by atoms with van der Waals surface area (Å²) in [6, 6.07) is -0.255. The molecule has 5 heteroatoms. The highest BCUT2D eigenvalue weighted by Gasteiger charge is 2.20. The molecule has 1 amide bonds. The Morgan fingerprint density at radius 3 is 2.28 bits per heavy atom. The lowest BCUT2D eigenvalue weighted by Gasteiger charge is -2.28. The molecule has 0 aromatic carbocycles. The molecule has 0 radical (unpaired) electrons. The number of hydrogen-bond donors (Lipinski definition) is 2. The summed E-state index contributed by atoms with van der Waals surface area (Å²) in [7, 11) is 0. The minimum Gasteiger partial charge on any atom is -0.481 e. The van der Waals surface area contributed by atoms with Crippen LogP contribution in [-0.2, 0) is 9.59 Å². The third-order valence-corrected chi connectivity index (χ3v) is 2.66. The van der Waals surface area contributed by atoms with Crippen molar-refractivity contribution in [2.75, 3.05) is 13.1 Å². The standard InChI is InChI=1S/C13H26N2O3/c1-6-15(10(2)9-12(17)18)11(16)7-8-14-13(3,4)5/h10,14H,6-9H2,1-5H3,(H,17,18). The Hall–Kier alpha value is -1.10. The number of rotatable bonds is 7. The molecule has 2 N–H and O–H groups in total. The Morgan fingerprint density at radius 2 is 1.89 bits per heavy atom. The molecule has 18 heavy (non-hydrogen) atoms. The van der Waals surface area contributed by atoms with E-state index in [0.29, 0.717) is 19.5 Å². The van der Waals surface area contributed by atoms with Crippen LogP contribution < -0.4 is 5.32 Å². The highest BCUT2D eigenvalue weighted by atomic mass is 16.4. The first-order chi connectivity index (χ1) is 8.17. The Balaban J connectivity index is 4.23. The number of carboxylic acids is 1. The Morgan fingerprint density at radius 1 is 1.33 bits per heavy atom. The predicted molar refractivity (Wildman–Crippen MR) is 71.5 cm³/mol. The minimum absolute atomic E-state index is 0.00278. The van der Waals surface area contributed by atoms with Gasteiger partial charge in [0.2, 0.25) is 5.91 Å². The van der Waals surface area contributed by atoms with Crippen molar-refractivity contribution in [3.05, 3.63) is 0 Å². The van der Waals surface area contributed by atoms with Gasteiger partial charge in [-0.15, -0.1) is 0 Å². The van der Waals surface area contributed by atoms with Crippen molar-refractivity contribution >= 4 is 11.9 Å². The Kier molecular flexibility index (Phi) is 6.91. The molecule has 0 fully saturated rings. The quantitative estimate of drug-likeness (QED) is 0.725. The molecule has 0 heterocycles. The molecule has 0 aromatic rings. The maximum absolute atomic E-state index is 12.0. The van der Waals surface area contributed by atoms with E-state index in [4.69, 9.17) is 5.11 Å². The fraction of sp³-hybridized carbons (Fsp3) is 0.846. The number of nitrogens with zero attached hydrogens (tertiary/aromatic N) is 1. The summed E-state index contributed by atoms with van der Waals surface area (Å²) in [6.07, 6.45) is 0.390. The Labute approximate surface area is 110 Å². The summed E-state index contributed by atoms with van der Waals surface area (Å²) in [5.41, 5.74) is -0.00992. The lowest BCUT2D eigenvalue weighted by atomic mass is 10.1. The van der Waals surface area contributed by atoms with E-state index in [1.165, 1.54) is 0 Å². The predicted octanol–water partition coefficient (Wildman–Crippen LogP) is 1.48. The van der Waals surface area contributed by atoms with E-state index in [9.17, 15) is 9.59 Å². The van der Waals surface area contributed by atoms with E-state index in [0.717, 1.165) is 0 Å². The number of carboxylic acid groups (broad SMARTS) is 1. The molecule has 0 rings (SSSR count). The fourth-order valence-corrected chi connectivity index (χ4v) is 1.78. The van der Waals surface area contributed by atoms with Gasteiger partial charge >= 0.3 is 5.97 Å². The SMILES string of the molecule is CCN(C(=O)CCNC(C)(C)C)C(C)CC(=O)O. The maximum Gasteiger partial charge on any atom is 0.305 e. The average Bonchev–Trinajstić information content (AvgIpc) is 2.15. The molecule has 0 saturated carbocycles. The molecule has 0 saturated heterocycles. The van der Waals surface area contributed by atoms with Gasteiger partial charge in [0.15, 0.2) is 0 Å². The minimum atomic E-state index is -0.874. The van der Waals surface area contributed by atoms with Gasteiger partial charge < -0.3 is 15.3 Å². The van der Waals surface area contributed by atoms with Gasteiger partial charge in [0.1, 0.15) is 0 Å². The third-order valence-electron chi connectivity index (χ3n) is 2.66. The van der Waals surface area contributed by atoms with Crippen LogP contribution in [0.15, 0.2) is 0 Å². The van der Waals surface area contributed by atoms with Gasteiger partial charge in [0, 0.05) is 31.1 Å². The molecule has 0 aliphatic rings. The van der Waals surface area contributed by atoms with E-state index in [2.05, 4.69) is 5.32 Å². The van der Waals surface area contributed by atoms with Gasteiger partial charge in [-0.1, -0.05) is 0 Å². The van der Waals surface area contributed by atoms with Gasteiger partial charge in [0.05, 0.1) is 6.42 Å². The number of carbonyl (C=O) groups is 2. The van der Waals surface area contributed by atoms with Crippen LogP contribution in [0, 0.1) is 0 Å². The highest BCUT2D eigenvalue weighted by Crippen LogP contribution is 2.06. The van der Waals surface area contributed by atoms with Crippen LogP contribution in [0.4, 0.5) is 0 Å². The lowest BCUT2D eigenvalue weighted by molar-refractivity contribution is -0.140. The van der Waals surface area contributed by atoms with Gasteiger partial charge in [-0.2, -0.15) is 0 Å². The topological polar surface area (TPSA) is 69.6 Å². The highest BCUT2D eigenvalue weighted by molar-refractivity contribution is 5.77. The van der Waals surface area contributed by atoms with Crippen molar-refractivity contribution in [1.29, 1.82) is 0 Å². The van der Waals surface area contributed by atoms with Crippen molar-refractivity contribution < 1.29 is 14.7 Å². The summed E-state index contributed by atoms with van der Waals surface area (Å²) in [6.45, 7) is 10.9. The molecule has 5 nitrogen and oxygen atoms in total. The number of amides is 1. The molecule has 0 spiro atoms. The number of aliphatic carboxylic acids is 1. The van der Waals surface area contributed by atoms with Crippen molar-refractivity contribution in [3.8, 4) is 0 Å². The molecule has 0 aliphatic carbocycles. The smallest absolute Gasteiger partial charge is 0.305 e. The zero-order chi connectivity index (χ0) is 14.3. The van der Waals surface area contributed by atoms with Crippen LogP contribution in [0.5, 0.6) is 0 Å². The zero-order valence-electron chi connectivity index (χ0n) is 12.1. The second kappa shape index (κ2) is 7.36.